The highest BCUT2D eigenvalue weighted by molar-refractivity contribution is 9.09. The predicted octanol–water partition coefficient (Wildman–Crippen LogP) is 27.5. The van der Waals surface area contributed by atoms with Crippen molar-refractivity contribution >= 4 is 214 Å². The maximum absolute atomic E-state index is 13.1. The Morgan fingerprint density at radius 2 is 0.782 bits per heavy atom. The molecule has 2 heterocycles. The van der Waals surface area contributed by atoms with E-state index in [4.69, 9.17) is 180 Å². The van der Waals surface area contributed by atoms with Crippen molar-refractivity contribution in [3.05, 3.63) is 231 Å². The molecule has 0 saturated heterocycles. The highest BCUT2D eigenvalue weighted by Gasteiger charge is 2.29. The Bertz CT molecular complexity index is 4700. The van der Waals surface area contributed by atoms with E-state index in [1.807, 2.05) is 130 Å². The molecule has 25 nitrogen and oxygen atoms in total. The number of nitrogens with two attached hydrogens (primary N) is 2. The maximum atomic E-state index is 13.1. The molecule has 0 unspecified atom stereocenters. The second-order valence-corrected chi connectivity index (χ2v) is 41.7. The SMILES string of the molecule is C[C@@H](CNCc1cc(Cl)cc(Cl)c1)CNc1nc2nc(F)ccc2[nH]1.C[C@H](CN)CN(Cc1cc(Cl)cc(Cl)c1)C(=O)OC(C)(C)C.C[C@H](CN=C=S)CN(Cc1cc(Cl)cc(Cl)c1)C(=O)OC(C)(C)C.C[C@H](CN=[N+]=[N-])CN(Cc1cc(Cl)cc(Cl)c1)C(=O)OC(C)(C)C.C[C@H](CO)CBr.C[C@H](CO)CN(Cc1cc(Cl)cc(Cl)c1)C(=O)OC(C)(C)C.NCc1cc(Cl)cc(Cl)c1. The van der Waals surface area contributed by atoms with Crippen LogP contribution in [0.5, 0.6) is 0 Å². The number of pyridine rings is 1. The monoisotopic (exact) mass is 2160 g/mol. The number of rotatable bonds is 32. The Labute approximate surface area is 856 Å². The Morgan fingerprint density at radius 1 is 0.474 bits per heavy atom. The van der Waals surface area contributed by atoms with Crippen molar-refractivity contribution in [3.63, 3.8) is 0 Å². The number of imidazole rings is 1. The number of alkyl halides is 1. The van der Waals surface area contributed by atoms with E-state index in [0.29, 0.717) is 181 Å². The quantitative estimate of drug-likeness (QED) is 0.00301. The van der Waals surface area contributed by atoms with Gasteiger partial charge in [-0.2, -0.15) is 14.4 Å². The lowest BCUT2D eigenvalue weighted by atomic mass is 10.1. The Hall–Kier alpha value is -6.38. The summed E-state index contributed by atoms with van der Waals surface area (Å²) in [6.45, 7) is 41.1. The van der Waals surface area contributed by atoms with Crippen molar-refractivity contribution in [3.8, 4) is 0 Å². The van der Waals surface area contributed by atoms with E-state index in [2.05, 4.69) is 80.8 Å². The number of carbonyl (C=O) groups excluding carboxylic acids is 4. The van der Waals surface area contributed by atoms with Gasteiger partial charge in [-0.05, 0) is 304 Å². The smallest absolute Gasteiger partial charge is 0.410 e. The average molecular weight is 2170 g/mol. The molecule has 0 aliphatic rings. The molecular formula is C93H125BrCl12FN15O10S. The first-order valence-electron chi connectivity index (χ1n) is 42.2. The molecule has 4 amide bonds. The molecule has 0 spiro atoms. The minimum absolute atomic E-state index is 0.00437. The van der Waals surface area contributed by atoms with E-state index < -0.39 is 46.6 Å². The number of carbonyl (C=O) groups is 4. The third-order valence-electron chi connectivity index (χ3n) is 17.0. The molecule has 40 heteroatoms. The normalized spacial score (nSPS) is 12.4. The van der Waals surface area contributed by atoms with Crippen LogP contribution in [0.1, 0.15) is 158 Å². The first-order valence-corrected chi connectivity index (χ1v) is 48.3. The molecule has 133 heavy (non-hydrogen) atoms. The van der Waals surface area contributed by atoms with Gasteiger partial charge in [0.1, 0.15) is 22.4 Å². The highest BCUT2D eigenvalue weighted by Crippen LogP contribution is 2.29. The van der Waals surface area contributed by atoms with E-state index in [0.717, 1.165) is 45.3 Å². The molecule has 736 valence electrons. The number of benzene rings is 6. The van der Waals surface area contributed by atoms with E-state index in [1.54, 1.807) is 123 Å². The zero-order valence-electron chi connectivity index (χ0n) is 78.2. The second-order valence-electron chi connectivity index (χ2n) is 35.6. The van der Waals surface area contributed by atoms with Crippen LogP contribution in [-0.2, 0) is 58.2 Å². The molecule has 0 radical (unpaired) electrons. The summed E-state index contributed by atoms with van der Waals surface area (Å²) >= 11 is 79.3. The summed E-state index contributed by atoms with van der Waals surface area (Å²) in [4.78, 5) is 73.8. The number of hydrogen-bond donors (Lipinski definition) is 7. The number of halogens is 14. The van der Waals surface area contributed by atoms with Crippen LogP contribution in [0.4, 0.5) is 29.5 Å². The van der Waals surface area contributed by atoms with Gasteiger partial charge >= 0.3 is 24.4 Å². The number of fused-ring (bicyclic) bond motifs is 1. The van der Waals surface area contributed by atoms with Crippen LogP contribution in [0.15, 0.2) is 131 Å². The zero-order valence-corrected chi connectivity index (χ0v) is 89.7. The third kappa shape index (κ3) is 56.9. The first kappa shape index (κ1) is 123. The topological polar surface area (TPSA) is 337 Å². The number of nitrogens with one attached hydrogen (secondary N) is 3. The summed E-state index contributed by atoms with van der Waals surface area (Å²) in [6.07, 6.45) is -1.63. The number of hydrogen-bond acceptors (Lipinski definition) is 19. The number of amides is 4. The number of azide groups is 1. The van der Waals surface area contributed by atoms with Crippen molar-refractivity contribution < 1.29 is 52.7 Å². The van der Waals surface area contributed by atoms with Crippen LogP contribution in [0.2, 0.25) is 60.3 Å². The molecule has 8 rings (SSSR count). The van der Waals surface area contributed by atoms with Crippen LogP contribution in [0.25, 0.3) is 21.6 Å². The van der Waals surface area contributed by atoms with Crippen LogP contribution in [0.3, 0.4) is 0 Å². The fourth-order valence-corrected chi connectivity index (χ4v) is 14.9. The zero-order chi connectivity index (χ0) is 101. The van der Waals surface area contributed by atoms with Gasteiger partial charge in [-0.25, -0.2) is 24.2 Å². The van der Waals surface area contributed by atoms with Crippen molar-refractivity contribution in [2.45, 2.75) is 186 Å². The number of aromatic amines is 1. The number of nitrogens with zero attached hydrogens (tertiary/aromatic N) is 10. The number of ether oxygens (including phenoxy) is 4. The molecule has 0 aliphatic heterocycles. The maximum Gasteiger partial charge on any atom is 0.410 e. The molecular weight excluding hydrogens is 2040 g/mol. The van der Waals surface area contributed by atoms with Gasteiger partial charge in [0.15, 0.2) is 5.65 Å². The molecule has 8 aromatic rings. The van der Waals surface area contributed by atoms with E-state index in [9.17, 15) is 28.7 Å². The number of thiocarbonyl (C=S) groups is 1. The summed E-state index contributed by atoms with van der Waals surface area (Å²) in [5.74, 6) is 1.03. The lowest BCUT2D eigenvalue weighted by Crippen LogP contribution is -2.40. The van der Waals surface area contributed by atoms with E-state index in [1.165, 1.54) is 6.07 Å². The number of aliphatic imine (C=N–C) groups is 1. The standard InChI is InChI=1S/C17H18Cl2FN5.C17H22Cl2N2O2S.C16H22Cl2N4O2.C16H24Cl2N2O2.C16H23Cl2NO3.C7H7Cl2N.C4H9BrO/c1-10(7-21-9-11-4-12(18)6-13(19)5-11)8-22-17-23-14-2-3-15(20)24-16(14)25-17;1-12(8-20-11-24)9-21(16(22)23-17(2,3)4)10-13-5-14(18)7-15(19)6-13;1-11(8-20-21-19)9-22(15(23)24-16(2,3)4)10-12-5-13(17)7-14(18)6-12;1-11(8-19)9-20(15(21)22-16(2,3)4)10-12-5-13(17)7-14(18)6-12;1-11(10-20)8-19(15(21)22-16(2,3)4)9-12-5-13(17)7-14(18)6-12;8-6-1-5(4-10)2-7(9)3-6;1-4(2-5)3-6/h2-6,10,21H,7-9H2,1H3,(H2,22,23,24,25);5-7,12H,8-10H2,1-4H3;5-7,11H,8-10H2,1-4H3;5-7,11H,8-10,19H2,1-4H3;5-7,11,20H,8-10H2,1-4H3;1-3H,4,10H2;4,6H,2-3H2,1H3/t10-;12-;3*11-;;4-/m01110.0/s1. The van der Waals surface area contributed by atoms with Crippen molar-refractivity contribution in [1.82, 2.24) is 39.9 Å². The van der Waals surface area contributed by atoms with Gasteiger partial charge in [0.2, 0.25) is 11.9 Å². The number of aliphatic hydroxyl groups excluding tert-OH is 2. The van der Waals surface area contributed by atoms with Gasteiger partial charge in [0.25, 0.3) is 0 Å². The highest BCUT2D eigenvalue weighted by atomic mass is 79.9. The van der Waals surface area contributed by atoms with E-state index >= 15 is 0 Å². The minimum atomic E-state index is -0.602. The van der Waals surface area contributed by atoms with Crippen LogP contribution < -0.4 is 22.1 Å². The molecule has 0 bridgehead atoms. The summed E-state index contributed by atoms with van der Waals surface area (Å²) in [5, 5.41) is 37.6. The Balaban J connectivity index is 0.000000539. The van der Waals surface area contributed by atoms with Gasteiger partial charge in [0.05, 0.1) is 17.2 Å². The number of isothiocyanates is 1. The predicted molar refractivity (Wildman–Crippen MR) is 553 cm³/mol. The molecule has 6 aromatic carbocycles. The van der Waals surface area contributed by atoms with Crippen molar-refractivity contribution in [1.29, 1.82) is 0 Å². The fourth-order valence-electron chi connectivity index (χ4n) is 11.2. The summed E-state index contributed by atoms with van der Waals surface area (Å²) < 4.78 is 34.9. The fraction of sp³-hybridized carbons (Fsp3) is 0.495. The number of aliphatic hydroxyl groups is 2. The summed E-state index contributed by atoms with van der Waals surface area (Å²) in [5.41, 5.74) is 23.5. The van der Waals surface area contributed by atoms with Gasteiger partial charge < -0.3 is 75.8 Å². The average Bonchev–Trinajstić information content (AvgIpc) is 1.69. The number of anilines is 1. The lowest BCUT2D eigenvalue weighted by Gasteiger charge is -2.29. The van der Waals surface area contributed by atoms with Gasteiger partial charge in [-0.1, -0.05) is 202 Å². The van der Waals surface area contributed by atoms with Gasteiger partial charge in [-0.15, -0.1) is 0 Å². The summed E-state index contributed by atoms with van der Waals surface area (Å²) in [6, 6.07) is 34.5. The second kappa shape index (κ2) is 62.5. The van der Waals surface area contributed by atoms with Gasteiger partial charge in [-0.3, -0.25) is 0 Å². The van der Waals surface area contributed by atoms with E-state index in [-0.39, 0.29) is 43.0 Å². The Morgan fingerprint density at radius 3 is 1.07 bits per heavy atom. The van der Waals surface area contributed by atoms with Crippen LogP contribution in [0, 0.1) is 41.5 Å². The van der Waals surface area contributed by atoms with Crippen molar-refractivity contribution in [2.75, 3.05) is 82.8 Å². The molecule has 9 N–H and O–H groups in total. The number of H-pyrrole nitrogens is 1. The first-order chi connectivity index (χ1) is 61.9. The minimum Gasteiger partial charge on any atom is -0.444 e. The molecule has 0 aliphatic carbocycles. The van der Waals surface area contributed by atoms with Crippen LogP contribution in [-0.4, -0.2) is 174 Å². The van der Waals surface area contributed by atoms with Crippen LogP contribution >= 0.6 is 167 Å². The van der Waals surface area contributed by atoms with Crippen molar-refractivity contribution in [2.24, 2.45) is 57.1 Å². The molecule has 0 fully saturated rings. The largest absolute Gasteiger partial charge is 0.444 e. The van der Waals surface area contributed by atoms with Gasteiger partial charge in [0, 0.05) is 162 Å². The molecule has 6 atom stereocenters. The molecule has 0 saturated carbocycles. The lowest BCUT2D eigenvalue weighted by molar-refractivity contribution is 0.0183. The number of aromatic nitrogens is 3. The third-order valence-corrected chi connectivity index (χ3v) is 20.8. The summed E-state index contributed by atoms with van der Waals surface area (Å²) in [7, 11) is 0. The molecule has 2 aromatic heterocycles. The Kier molecular flexibility index (Phi) is 57.7.